The Kier molecular flexibility index (Phi) is 10.7. The average Bonchev–Trinajstić information content (AvgIpc) is 2.97. The Morgan fingerprint density at radius 1 is 0.756 bits per heavy atom. The molecule has 5 aromatic carbocycles. The molecule has 15 nitrogen and oxygen atoms in total. The third kappa shape index (κ3) is 8.49. The van der Waals surface area contributed by atoms with Crippen LogP contribution in [-0.2, 0) is 27.5 Å². The maximum absolute atomic E-state index is 12.0. The third-order valence-corrected chi connectivity index (χ3v) is 6.60. The van der Waals surface area contributed by atoms with Gasteiger partial charge in [0.2, 0.25) is 0 Å². The number of aromatic hydroxyl groups is 1. The molecule has 0 aromatic heterocycles. The van der Waals surface area contributed by atoms with E-state index in [9.17, 15) is 38.4 Å². The van der Waals surface area contributed by atoms with Crippen molar-refractivity contribution >= 4 is 60.7 Å². The van der Waals surface area contributed by atoms with Crippen LogP contribution in [0.4, 0.5) is 39.8 Å². The van der Waals surface area contributed by atoms with Crippen molar-refractivity contribution in [1.29, 1.82) is 0 Å². The zero-order chi connectivity index (χ0) is 32.0. The number of phenolic OH excluding ortho intramolecular Hbond substituents is 1. The van der Waals surface area contributed by atoms with Crippen LogP contribution in [0.3, 0.4) is 0 Å². The molecular weight excluding hydrogens is 646 g/mol. The fourth-order valence-electron chi connectivity index (χ4n) is 3.61. The topological polar surface area (TPSA) is 264 Å². The van der Waals surface area contributed by atoms with Crippen LogP contribution in [0.1, 0.15) is 2.85 Å². The zero-order valence-corrected chi connectivity index (χ0v) is 24.6. The van der Waals surface area contributed by atoms with Gasteiger partial charge in [-0.15, -0.1) is 16.5 Å². The van der Waals surface area contributed by atoms with E-state index in [1.54, 1.807) is 18.2 Å². The monoisotopic (exact) mass is 666 g/mol. The molecule has 0 aliphatic rings. The summed E-state index contributed by atoms with van der Waals surface area (Å²) in [4.78, 5) is 9.58. The quantitative estimate of drug-likeness (QED) is 0.0813. The fraction of sp³-hybridized carbons (Fsp3) is 0. The van der Waals surface area contributed by atoms with Gasteiger partial charge in [0.25, 0.3) is 5.69 Å². The molecule has 0 atom stereocenters. The van der Waals surface area contributed by atoms with Gasteiger partial charge in [0.05, 0.1) is 26.9 Å². The number of fused-ring (bicyclic) bond motifs is 1. The maximum Gasteiger partial charge on any atom is 3.00 e. The van der Waals surface area contributed by atoms with Crippen LogP contribution in [0, 0.1) is 10.1 Å². The second kappa shape index (κ2) is 14.2. The largest absolute Gasteiger partial charge is 3.00 e. The van der Waals surface area contributed by atoms with Crippen molar-refractivity contribution < 1.29 is 53.4 Å². The van der Waals surface area contributed by atoms with Gasteiger partial charge in [-0.1, -0.05) is 66.1 Å². The van der Waals surface area contributed by atoms with Gasteiger partial charge in [-0.3, -0.25) is 10.1 Å². The number of hydrogen-bond donors (Lipinski definition) is 1. The molecule has 5 aromatic rings. The first-order chi connectivity index (χ1) is 20.8. The van der Waals surface area contributed by atoms with E-state index in [4.69, 9.17) is 11.5 Å². The predicted octanol–water partition coefficient (Wildman–Crippen LogP) is 7.61. The normalized spacial score (nSPS) is 11.2. The third-order valence-electron chi connectivity index (χ3n) is 5.77. The smallest absolute Gasteiger partial charge is 0.871 e. The van der Waals surface area contributed by atoms with E-state index < -0.39 is 25.7 Å². The number of hydrogen-bond acceptors (Lipinski definition) is 12. The van der Waals surface area contributed by atoms with Crippen molar-refractivity contribution in [3.63, 3.8) is 0 Å². The number of rotatable bonds is 6. The Balaban J connectivity index is 0.000000444. The van der Waals surface area contributed by atoms with E-state index in [1.165, 1.54) is 24.3 Å². The first-order valence-electron chi connectivity index (χ1n) is 12.2. The Hall–Kier alpha value is -5.60. The van der Waals surface area contributed by atoms with Gasteiger partial charge in [-0.05, 0) is 29.7 Å². The van der Waals surface area contributed by atoms with Crippen molar-refractivity contribution in [2.24, 2.45) is 20.5 Å². The van der Waals surface area contributed by atoms with Crippen LogP contribution >= 0.6 is 0 Å². The molecule has 0 fully saturated rings. The number of phenols is 1. The van der Waals surface area contributed by atoms with Crippen LogP contribution in [0.2, 0.25) is 0 Å². The SMILES string of the molecule is O=[N+]([O-])c1ccc([O-])c(N=Nc2c([O-])ccc3ccccc23)c1.[Cr+3].[H+].[H+].[NH-]c1ccc(N=Nc2cc(S(=O)(=O)[O-])ccc2O)c([NH-])c1. The summed E-state index contributed by atoms with van der Waals surface area (Å²) in [5, 5.41) is 60.3. The molecule has 5 rings (SSSR count). The van der Waals surface area contributed by atoms with E-state index in [2.05, 4.69) is 20.5 Å². The van der Waals surface area contributed by atoms with E-state index in [0.717, 1.165) is 41.8 Å². The number of non-ortho nitro benzene ring substituents is 1. The molecule has 0 aliphatic carbocycles. The number of nitrogens with zero attached hydrogens (tertiary/aromatic N) is 5. The van der Waals surface area contributed by atoms with Crippen molar-refractivity contribution in [2.75, 3.05) is 0 Å². The fourth-order valence-corrected chi connectivity index (χ4v) is 4.10. The Morgan fingerprint density at radius 2 is 1.42 bits per heavy atom. The Bertz CT molecular complexity index is 2070. The minimum atomic E-state index is -4.66. The molecule has 0 unspecified atom stereocenters. The number of nitro benzene ring substituents is 1. The van der Waals surface area contributed by atoms with Crippen LogP contribution < -0.4 is 10.2 Å². The minimum absolute atomic E-state index is 0. The molecule has 1 radical (unpaired) electrons. The van der Waals surface area contributed by atoms with Gasteiger partial charge in [0.15, 0.2) is 0 Å². The summed E-state index contributed by atoms with van der Waals surface area (Å²) in [6.45, 7) is 0. The van der Waals surface area contributed by atoms with Gasteiger partial charge in [0.1, 0.15) is 21.6 Å². The van der Waals surface area contributed by atoms with Crippen LogP contribution in [0.25, 0.3) is 22.2 Å². The number of azo groups is 2. The second-order valence-electron chi connectivity index (χ2n) is 8.78. The molecule has 227 valence electrons. The molecule has 0 saturated carbocycles. The average molecular weight is 667 g/mol. The molecule has 45 heavy (non-hydrogen) atoms. The summed E-state index contributed by atoms with van der Waals surface area (Å²) < 4.78 is 32.7. The molecule has 17 heteroatoms. The van der Waals surface area contributed by atoms with Gasteiger partial charge in [0, 0.05) is 17.5 Å². The minimum Gasteiger partial charge on any atom is -0.871 e. The molecule has 0 aliphatic heterocycles. The molecule has 0 amide bonds. The summed E-state index contributed by atoms with van der Waals surface area (Å²) in [5.74, 6) is -1.20. The first-order valence-corrected chi connectivity index (χ1v) is 13.6. The van der Waals surface area contributed by atoms with Crippen LogP contribution in [-0.4, -0.2) is 23.0 Å². The van der Waals surface area contributed by atoms with E-state index in [1.807, 2.05) is 12.1 Å². The van der Waals surface area contributed by atoms with E-state index in [-0.39, 0.29) is 71.5 Å². The number of nitrogens with one attached hydrogen (secondary N) is 2. The predicted molar refractivity (Wildman–Crippen MR) is 157 cm³/mol. The van der Waals surface area contributed by atoms with Gasteiger partial charge < -0.3 is 31.3 Å². The Labute approximate surface area is 268 Å². The zero-order valence-electron chi connectivity index (χ0n) is 24.5. The van der Waals surface area contributed by atoms with Crippen molar-refractivity contribution in [2.45, 2.75) is 4.90 Å². The second-order valence-corrected chi connectivity index (χ2v) is 10.2. The molecule has 0 bridgehead atoms. The Morgan fingerprint density at radius 3 is 2.11 bits per heavy atom. The standard InChI is InChI=1S/C16H11N3O4.C12H10N4O4S.Cr/c20-14-8-6-11(19(22)23)9-13(14)17-18-16-12-4-2-1-3-10(12)5-7-15(16)21;13-7-1-3-10(9(14)5-7)15-16-11-6-8(21(18,19)20)2-4-12(11)17;/h1-9,20-21H;1-6H,(H4-2,13,14,15,16,17,18,19,20);/q;-2;+3/p-1. The maximum atomic E-state index is 12.0. The van der Waals surface area contributed by atoms with Gasteiger partial charge in [-0.2, -0.15) is 15.3 Å². The molecule has 0 heterocycles. The summed E-state index contributed by atoms with van der Waals surface area (Å²) in [6, 6.07) is 20.3. The molecular formula is C28H20CrN7O8S. The molecule has 0 saturated heterocycles. The summed E-state index contributed by atoms with van der Waals surface area (Å²) in [7, 11) is -4.66. The van der Waals surface area contributed by atoms with Crippen molar-refractivity contribution in [3.8, 4) is 17.2 Å². The van der Waals surface area contributed by atoms with Crippen LogP contribution in [0.15, 0.2) is 116 Å². The van der Waals surface area contributed by atoms with Gasteiger partial charge in [-0.25, -0.2) is 8.42 Å². The number of nitro groups is 1. The summed E-state index contributed by atoms with van der Waals surface area (Å²) in [6.07, 6.45) is 0. The van der Waals surface area contributed by atoms with E-state index in [0.29, 0.717) is 5.39 Å². The first kappa shape index (κ1) is 33.9. The van der Waals surface area contributed by atoms with Crippen LogP contribution in [0.5, 0.6) is 17.2 Å². The van der Waals surface area contributed by atoms with E-state index >= 15 is 0 Å². The van der Waals surface area contributed by atoms with Gasteiger partial charge >= 0.3 is 20.2 Å². The van der Waals surface area contributed by atoms with Crippen molar-refractivity contribution in [3.05, 3.63) is 113 Å². The summed E-state index contributed by atoms with van der Waals surface area (Å²) >= 11 is 0. The van der Waals surface area contributed by atoms with Crippen molar-refractivity contribution in [1.82, 2.24) is 0 Å². The molecule has 0 spiro atoms. The number of benzene rings is 5. The molecule has 3 N–H and O–H groups in total. The summed E-state index contributed by atoms with van der Waals surface area (Å²) in [5.41, 5.74) is 14.6.